The van der Waals surface area contributed by atoms with Gasteiger partial charge in [-0.3, -0.25) is 0 Å². The van der Waals surface area contributed by atoms with Gasteiger partial charge in [0.05, 0.1) is 0 Å². The molecule has 0 aromatic rings. The van der Waals surface area contributed by atoms with Crippen LogP contribution in [0.3, 0.4) is 0 Å². The summed E-state index contributed by atoms with van der Waals surface area (Å²) >= 11 is 0. The smallest absolute Gasteiger partial charge is 0.0431 e. The van der Waals surface area contributed by atoms with Gasteiger partial charge in [-0.05, 0) is 56.8 Å². The molecule has 2 aliphatic carbocycles. The highest BCUT2D eigenvalue weighted by atomic mass is 16.2. The quantitative estimate of drug-likeness (QED) is 0.684. The Morgan fingerprint density at radius 2 is 2.07 bits per heavy atom. The highest BCUT2D eigenvalue weighted by molar-refractivity contribution is 5.15. The van der Waals surface area contributed by atoms with Crippen LogP contribution in [-0.4, -0.2) is 11.7 Å². The van der Waals surface area contributed by atoms with Crippen LogP contribution >= 0.6 is 0 Å². The predicted octanol–water partition coefficient (Wildman–Crippen LogP) is 3.29. The third kappa shape index (κ3) is 2.20. The number of aliphatic hydroxyl groups is 1. The molecule has 0 aromatic heterocycles. The molecule has 0 radical (unpaired) electrons. The van der Waals surface area contributed by atoms with E-state index in [9.17, 15) is 0 Å². The van der Waals surface area contributed by atoms with Gasteiger partial charge in [0.1, 0.15) is 0 Å². The second-order valence-corrected chi connectivity index (χ2v) is 4.83. The van der Waals surface area contributed by atoms with Crippen molar-refractivity contribution in [3.05, 3.63) is 11.6 Å². The number of rotatable bonds is 3. The third-order valence-electron chi connectivity index (χ3n) is 3.90. The fraction of sp³-hybridized carbons (Fsp3) is 0.846. The molecule has 0 aromatic carbocycles. The summed E-state index contributed by atoms with van der Waals surface area (Å²) in [4.78, 5) is 0. The predicted molar refractivity (Wildman–Crippen MR) is 59.1 cm³/mol. The monoisotopic (exact) mass is 194 g/mol. The summed E-state index contributed by atoms with van der Waals surface area (Å²) in [5, 5.41) is 8.87. The van der Waals surface area contributed by atoms with Crippen LogP contribution in [-0.2, 0) is 0 Å². The van der Waals surface area contributed by atoms with Crippen molar-refractivity contribution in [1.82, 2.24) is 0 Å². The van der Waals surface area contributed by atoms with Crippen molar-refractivity contribution < 1.29 is 5.11 Å². The summed E-state index contributed by atoms with van der Waals surface area (Å²) in [6.45, 7) is 0.369. The molecule has 1 fully saturated rings. The first-order chi connectivity index (χ1) is 6.92. The molecule has 2 atom stereocenters. The Hall–Kier alpha value is -0.300. The first-order valence-electron chi connectivity index (χ1n) is 6.22. The van der Waals surface area contributed by atoms with Gasteiger partial charge in [0.15, 0.2) is 0 Å². The maximum absolute atomic E-state index is 8.87. The molecule has 1 N–H and O–H groups in total. The Balaban J connectivity index is 1.97. The highest BCUT2D eigenvalue weighted by Gasteiger charge is 2.27. The zero-order valence-electron chi connectivity index (χ0n) is 9.04. The minimum Gasteiger partial charge on any atom is -0.396 e. The van der Waals surface area contributed by atoms with Gasteiger partial charge in [0.25, 0.3) is 0 Å². The van der Waals surface area contributed by atoms with E-state index in [1.807, 2.05) is 0 Å². The van der Waals surface area contributed by atoms with E-state index >= 15 is 0 Å². The molecule has 14 heavy (non-hydrogen) atoms. The molecule has 80 valence electrons. The van der Waals surface area contributed by atoms with Gasteiger partial charge in [0.2, 0.25) is 0 Å². The van der Waals surface area contributed by atoms with Gasteiger partial charge < -0.3 is 5.11 Å². The first kappa shape index (κ1) is 10.2. The van der Waals surface area contributed by atoms with E-state index in [2.05, 4.69) is 6.08 Å². The molecule has 0 bridgehead atoms. The first-order valence-corrected chi connectivity index (χ1v) is 6.22. The lowest BCUT2D eigenvalue weighted by molar-refractivity contribution is 0.257. The van der Waals surface area contributed by atoms with E-state index in [4.69, 9.17) is 5.11 Å². The number of allylic oxidation sites excluding steroid dienone is 2. The van der Waals surface area contributed by atoms with Crippen LogP contribution in [0.25, 0.3) is 0 Å². The van der Waals surface area contributed by atoms with E-state index < -0.39 is 0 Å². The fourth-order valence-electron chi connectivity index (χ4n) is 3.20. The third-order valence-corrected chi connectivity index (χ3v) is 3.90. The minimum absolute atomic E-state index is 0.369. The van der Waals surface area contributed by atoms with Crippen molar-refractivity contribution in [3.8, 4) is 0 Å². The van der Waals surface area contributed by atoms with E-state index in [0.29, 0.717) is 6.61 Å². The van der Waals surface area contributed by atoms with Crippen LogP contribution < -0.4 is 0 Å². The largest absolute Gasteiger partial charge is 0.396 e. The molecule has 2 unspecified atom stereocenters. The molecule has 0 amide bonds. The molecule has 1 heteroatoms. The molecule has 0 heterocycles. The van der Waals surface area contributed by atoms with Crippen molar-refractivity contribution in [2.24, 2.45) is 11.8 Å². The van der Waals surface area contributed by atoms with Gasteiger partial charge in [-0.15, -0.1) is 0 Å². The molecular formula is C13H22O. The van der Waals surface area contributed by atoms with Gasteiger partial charge in [-0.2, -0.15) is 0 Å². The van der Waals surface area contributed by atoms with Crippen molar-refractivity contribution >= 4 is 0 Å². The number of aliphatic hydroxyl groups excluding tert-OH is 1. The average molecular weight is 194 g/mol. The standard InChI is InChI=1S/C13H22O/c14-10-4-8-12-7-3-6-11-5-1-2-9-13(11)12/h9,11-12,14H,1-8,10H2. The van der Waals surface area contributed by atoms with Crippen molar-refractivity contribution in [3.63, 3.8) is 0 Å². The maximum Gasteiger partial charge on any atom is 0.0431 e. The zero-order chi connectivity index (χ0) is 9.80. The summed E-state index contributed by atoms with van der Waals surface area (Å²) < 4.78 is 0. The maximum atomic E-state index is 8.87. The lowest BCUT2D eigenvalue weighted by atomic mass is 9.70. The van der Waals surface area contributed by atoms with Crippen LogP contribution in [0.2, 0.25) is 0 Å². The summed E-state index contributed by atoms with van der Waals surface area (Å²) in [6.07, 6.45) is 13.1. The highest BCUT2D eigenvalue weighted by Crippen LogP contribution is 2.41. The van der Waals surface area contributed by atoms with Crippen molar-refractivity contribution in [1.29, 1.82) is 0 Å². The molecule has 0 saturated heterocycles. The zero-order valence-corrected chi connectivity index (χ0v) is 9.04. The van der Waals surface area contributed by atoms with E-state index in [1.54, 1.807) is 5.57 Å². The lowest BCUT2D eigenvalue weighted by Gasteiger charge is -2.35. The molecule has 0 spiro atoms. The van der Waals surface area contributed by atoms with E-state index in [1.165, 1.54) is 44.9 Å². The minimum atomic E-state index is 0.369. The Morgan fingerprint density at radius 1 is 1.21 bits per heavy atom. The van der Waals surface area contributed by atoms with Gasteiger partial charge in [0, 0.05) is 6.61 Å². The van der Waals surface area contributed by atoms with Crippen LogP contribution in [0.4, 0.5) is 0 Å². The molecule has 2 aliphatic rings. The van der Waals surface area contributed by atoms with E-state index in [0.717, 1.165) is 18.3 Å². The second kappa shape index (κ2) is 4.97. The summed E-state index contributed by atoms with van der Waals surface area (Å²) in [7, 11) is 0. The van der Waals surface area contributed by atoms with Gasteiger partial charge >= 0.3 is 0 Å². The Labute approximate surface area is 87.2 Å². The lowest BCUT2D eigenvalue weighted by Crippen LogP contribution is -2.21. The summed E-state index contributed by atoms with van der Waals surface area (Å²) in [5.41, 5.74) is 1.76. The SMILES string of the molecule is OCCCC1CCCC2CCCC=C12. The molecule has 1 nitrogen and oxygen atoms in total. The van der Waals surface area contributed by atoms with Crippen LogP contribution in [0.15, 0.2) is 11.6 Å². The van der Waals surface area contributed by atoms with Crippen molar-refractivity contribution in [2.75, 3.05) is 6.61 Å². The molecule has 0 aliphatic heterocycles. The normalized spacial score (nSPS) is 32.2. The Morgan fingerprint density at radius 3 is 2.93 bits per heavy atom. The second-order valence-electron chi connectivity index (χ2n) is 4.83. The Bertz CT molecular complexity index is 207. The number of hydrogen-bond donors (Lipinski definition) is 1. The number of fused-ring (bicyclic) bond motifs is 1. The van der Waals surface area contributed by atoms with Gasteiger partial charge in [-0.1, -0.05) is 18.1 Å². The van der Waals surface area contributed by atoms with E-state index in [-0.39, 0.29) is 0 Å². The van der Waals surface area contributed by atoms with Crippen molar-refractivity contribution in [2.45, 2.75) is 51.4 Å². The fourth-order valence-corrected chi connectivity index (χ4v) is 3.20. The number of hydrogen-bond acceptors (Lipinski definition) is 1. The summed E-state index contributed by atoms with van der Waals surface area (Å²) in [5.74, 6) is 1.74. The molecular weight excluding hydrogens is 172 g/mol. The van der Waals surface area contributed by atoms with Crippen LogP contribution in [0, 0.1) is 11.8 Å². The summed E-state index contributed by atoms with van der Waals surface area (Å²) in [6, 6.07) is 0. The van der Waals surface area contributed by atoms with Crippen LogP contribution in [0.5, 0.6) is 0 Å². The topological polar surface area (TPSA) is 20.2 Å². The Kier molecular flexibility index (Phi) is 3.63. The molecule has 2 rings (SSSR count). The van der Waals surface area contributed by atoms with Crippen LogP contribution in [0.1, 0.15) is 51.4 Å². The molecule has 1 saturated carbocycles. The average Bonchev–Trinajstić information content (AvgIpc) is 2.26. The van der Waals surface area contributed by atoms with Gasteiger partial charge in [-0.25, -0.2) is 0 Å².